The number of aromatic nitrogens is 8. The van der Waals surface area contributed by atoms with Crippen molar-refractivity contribution in [2.75, 3.05) is 108 Å². The molecule has 0 spiro atoms. The molecule has 102 heavy (non-hydrogen) atoms. The van der Waals surface area contributed by atoms with Crippen molar-refractivity contribution in [2.45, 2.75) is 109 Å². The standard InChI is InChI=1S/C64H87N21O17/c65-63-80-55-53(59(94)82-63)74-37-43(76-55)35-72-41-12-8-39(9-13-41)57(92)78-46(61(96)97)17-16-45(86)5-2-22-68-50(89)20-27-85(26-4-30-101-32-34-102-33-31-100-29-3-23-69-48(87)6-1-7-52(91)84-67)28-21-51(90)71-25-24-70-49(88)19-18-47(62(98)99)79-58(93)40-10-14-42(15-11-40)73-36-44-38-75-54-56(77-44)81-64(66)83-60(54)95/h8-15,37-38,46-47,72-73H,1-7,16-36,67H2,(H,68,89)(H,69,87)(H,70,88)(H,71,90)(H,78,92)(H,79,93)(H,84,91)(H,96,97)(H,98,99)(H3,65,76,80,82,94)(H3,66,77,81,83,95). The van der Waals surface area contributed by atoms with Gasteiger partial charge in [-0.15, -0.1) is 0 Å². The van der Waals surface area contributed by atoms with Crippen LogP contribution in [0.15, 0.2) is 70.5 Å². The maximum atomic E-state index is 13.0. The third kappa shape index (κ3) is 29.7. The van der Waals surface area contributed by atoms with E-state index < -0.39 is 52.9 Å². The van der Waals surface area contributed by atoms with E-state index in [2.05, 4.69) is 82.4 Å². The van der Waals surface area contributed by atoms with Crippen molar-refractivity contribution in [3.8, 4) is 0 Å². The SMILES string of the molecule is NNC(=O)CCCC(=O)NCCCOCCOCCOCCCN(CCC(=O)NCCCC(=O)CCC(NC(=O)c1ccc(NCc2cnc3c(=O)[nH]c(N)nc3n2)cc1)C(=O)O)CCC(=O)NCCNC(=O)CCC(NC(=O)c1ccc(NCc2cnc3c(=O)[nH]c(N)nc3n2)cc1)C(=O)O. The van der Waals surface area contributed by atoms with Gasteiger partial charge in [0.15, 0.2) is 22.3 Å². The van der Waals surface area contributed by atoms with Crippen molar-refractivity contribution in [3.05, 3.63) is 104 Å². The summed E-state index contributed by atoms with van der Waals surface area (Å²) in [6, 6.07) is 9.57. The van der Waals surface area contributed by atoms with Crippen LogP contribution < -0.4 is 76.4 Å². The number of carboxylic acid groups (broad SMARTS) is 2. The Morgan fingerprint density at radius 3 is 1.37 bits per heavy atom. The number of nitrogen functional groups attached to an aromatic ring is 2. The van der Waals surface area contributed by atoms with Crippen LogP contribution in [-0.2, 0) is 65.7 Å². The topological polar surface area (TPSA) is 571 Å². The Balaban J connectivity index is 0.860. The zero-order valence-corrected chi connectivity index (χ0v) is 56.1. The predicted octanol–water partition coefficient (Wildman–Crippen LogP) is -1.36. The highest BCUT2D eigenvalue weighted by Gasteiger charge is 2.24. The molecule has 550 valence electrons. The number of rotatable bonds is 49. The summed E-state index contributed by atoms with van der Waals surface area (Å²) in [7, 11) is 0. The number of ketones is 1. The number of H-pyrrole nitrogens is 2. The van der Waals surface area contributed by atoms with Gasteiger partial charge in [-0.25, -0.2) is 35.4 Å². The first-order valence-corrected chi connectivity index (χ1v) is 32.9. The number of Topliss-reactive ketones (excluding diaryl/α,β-unsaturated/α-hetero) is 1. The fourth-order valence-corrected chi connectivity index (χ4v) is 9.62. The third-order valence-corrected chi connectivity index (χ3v) is 15.1. The molecule has 0 saturated heterocycles. The van der Waals surface area contributed by atoms with Gasteiger partial charge in [0, 0.05) is 126 Å². The second-order valence-electron chi connectivity index (χ2n) is 23.0. The van der Waals surface area contributed by atoms with Gasteiger partial charge >= 0.3 is 11.9 Å². The second-order valence-corrected chi connectivity index (χ2v) is 23.0. The lowest BCUT2D eigenvalue weighted by Gasteiger charge is -2.22. The number of anilines is 4. The molecule has 2 unspecified atom stereocenters. The highest BCUT2D eigenvalue weighted by Crippen LogP contribution is 2.16. The van der Waals surface area contributed by atoms with E-state index in [-0.39, 0.29) is 185 Å². The van der Waals surface area contributed by atoms with Gasteiger partial charge in [0.05, 0.1) is 63.3 Å². The minimum Gasteiger partial charge on any atom is -0.480 e. The number of carboxylic acids is 2. The summed E-state index contributed by atoms with van der Waals surface area (Å²) >= 11 is 0. The number of hydrazine groups is 1. The van der Waals surface area contributed by atoms with E-state index in [0.717, 1.165) is 0 Å². The molecule has 2 aromatic carbocycles. The molecular formula is C64H87N21O17. The van der Waals surface area contributed by atoms with E-state index in [1.807, 2.05) is 10.3 Å². The van der Waals surface area contributed by atoms with Crippen molar-refractivity contribution in [2.24, 2.45) is 5.84 Å². The zero-order valence-electron chi connectivity index (χ0n) is 56.1. The van der Waals surface area contributed by atoms with Crippen LogP contribution in [-0.4, -0.2) is 212 Å². The number of benzene rings is 2. The Kier molecular flexibility index (Phi) is 33.9. The summed E-state index contributed by atoms with van der Waals surface area (Å²) in [6.07, 6.45) is 4.29. The number of nitrogens with two attached hydrogens (primary N) is 3. The molecule has 0 fully saturated rings. The zero-order chi connectivity index (χ0) is 73.6. The summed E-state index contributed by atoms with van der Waals surface area (Å²) in [6.45, 7) is 3.99. The maximum Gasteiger partial charge on any atom is 0.326 e. The first-order valence-electron chi connectivity index (χ1n) is 32.9. The van der Waals surface area contributed by atoms with Crippen molar-refractivity contribution >= 4 is 105 Å². The van der Waals surface area contributed by atoms with Gasteiger partial charge in [-0.2, -0.15) is 9.97 Å². The molecule has 6 aromatic rings. The fraction of sp³-hybridized carbons (Fsp3) is 0.469. The summed E-state index contributed by atoms with van der Waals surface area (Å²) < 4.78 is 16.9. The van der Waals surface area contributed by atoms with Crippen LogP contribution in [0.2, 0.25) is 0 Å². The quantitative estimate of drug-likeness (QED) is 0.00908. The predicted molar refractivity (Wildman–Crippen MR) is 368 cm³/mol. The van der Waals surface area contributed by atoms with Gasteiger partial charge in [-0.3, -0.25) is 63.3 Å². The summed E-state index contributed by atoms with van der Waals surface area (Å²) in [5.74, 6) is -1.13. The average Bonchev–Trinajstić information content (AvgIpc) is 0.818. The van der Waals surface area contributed by atoms with Gasteiger partial charge in [0.2, 0.25) is 41.4 Å². The summed E-state index contributed by atoms with van der Waals surface area (Å²) in [5.41, 5.74) is 14.8. The lowest BCUT2D eigenvalue weighted by Crippen LogP contribution is -2.42. The lowest BCUT2D eigenvalue weighted by atomic mass is 10.1. The first-order chi connectivity index (χ1) is 49.1. The summed E-state index contributed by atoms with van der Waals surface area (Å²) in [5, 5.41) is 41.8. The molecular weight excluding hydrogens is 1330 g/mol. The third-order valence-electron chi connectivity index (χ3n) is 15.1. The number of amides is 7. The molecule has 38 nitrogen and oxygen atoms in total. The van der Waals surface area contributed by atoms with Gasteiger partial charge in [0.1, 0.15) is 17.9 Å². The van der Waals surface area contributed by atoms with Crippen LogP contribution in [0.1, 0.15) is 116 Å². The molecule has 7 amide bonds. The smallest absolute Gasteiger partial charge is 0.326 e. The molecule has 6 rings (SSSR count). The highest BCUT2D eigenvalue weighted by molar-refractivity contribution is 5.98. The van der Waals surface area contributed by atoms with E-state index in [4.69, 9.17) is 31.5 Å². The van der Waals surface area contributed by atoms with Gasteiger partial charge in [-0.05, 0) is 87.1 Å². The second kappa shape index (κ2) is 43.3. The number of carbonyl (C=O) groups excluding carboxylic acids is 8. The molecule has 0 aliphatic rings. The van der Waals surface area contributed by atoms with Crippen LogP contribution in [0.5, 0.6) is 0 Å². The van der Waals surface area contributed by atoms with Crippen molar-refractivity contribution in [3.63, 3.8) is 0 Å². The minimum absolute atomic E-state index is 0.0206. The highest BCUT2D eigenvalue weighted by atomic mass is 16.5. The monoisotopic (exact) mass is 1420 g/mol. The lowest BCUT2D eigenvalue weighted by molar-refractivity contribution is -0.140. The van der Waals surface area contributed by atoms with Gasteiger partial charge < -0.3 is 83.3 Å². The van der Waals surface area contributed by atoms with Crippen LogP contribution in [0, 0.1) is 0 Å². The van der Waals surface area contributed by atoms with Crippen LogP contribution in [0.3, 0.4) is 0 Å². The number of aromatic amines is 2. The molecule has 4 heterocycles. The fourth-order valence-electron chi connectivity index (χ4n) is 9.62. The van der Waals surface area contributed by atoms with Crippen molar-refractivity contribution in [1.82, 2.24) is 82.1 Å². The van der Waals surface area contributed by atoms with Gasteiger partial charge in [0.25, 0.3) is 22.9 Å². The molecule has 4 aromatic heterocycles. The average molecular weight is 1420 g/mol. The number of nitrogens with zero attached hydrogens (tertiary/aromatic N) is 7. The van der Waals surface area contributed by atoms with E-state index in [9.17, 15) is 67.7 Å². The maximum absolute atomic E-state index is 13.0. The van der Waals surface area contributed by atoms with Crippen LogP contribution >= 0.6 is 0 Å². The Morgan fingerprint density at radius 1 is 0.471 bits per heavy atom. The molecule has 0 radical (unpaired) electrons. The van der Waals surface area contributed by atoms with Crippen LogP contribution in [0.4, 0.5) is 23.3 Å². The number of nitrogens with one attached hydrogen (secondary N) is 11. The normalized spacial score (nSPS) is 11.7. The van der Waals surface area contributed by atoms with Gasteiger partial charge in [-0.1, -0.05) is 0 Å². The Bertz CT molecular complexity index is 3700. The van der Waals surface area contributed by atoms with E-state index in [1.165, 1.54) is 36.7 Å². The Morgan fingerprint density at radius 2 is 0.892 bits per heavy atom. The van der Waals surface area contributed by atoms with E-state index >= 15 is 0 Å². The largest absolute Gasteiger partial charge is 0.480 e. The molecule has 2 atom stereocenters. The first kappa shape index (κ1) is 79.8. The van der Waals surface area contributed by atoms with E-state index in [1.54, 1.807) is 24.3 Å². The number of ether oxygens (including phenoxy) is 3. The molecule has 0 bridgehead atoms. The number of carbonyl (C=O) groups is 10. The Labute approximate surface area is 583 Å². The number of hydrogen-bond donors (Lipinski definition) is 16. The molecule has 0 aliphatic heterocycles. The van der Waals surface area contributed by atoms with Crippen molar-refractivity contribution in [1.29, 1.82) is 0 Å². The van der Waals surface area contributed by atoms with Crippen molar-refractivity contribution < 1.29 is 72.4 Å². The summed E-state index contributed by atoms with van der Waals surface area (Å²) in [4.78, 5) is 180. The molecule has 19 N–H and O–H groups in total. The Hall–Kier alpha value is -11.2. The number of fused-ring (bicyclic) bond motifs is 2. The molecule has 38 heteroatoms. The number of hydrogen-bond acceptors (Lipinski definition) is 27. The van der Waals surface area contributed by atoms with Crippen LogP contribution in [0.25, 0.3) is 22.3 Å². The van der Waals surface area contributed by atoms with E-state index in [0.29, 0.717) is 94.8 Å². The number of aliphatic carboxylic acids is 2. The molecule has 0 aliphatic carbocycles. The molecule has 0 saturated carbocycles. The minimum atomic E-state index is -1.40.